The number of carbonyl (C=O) groups is 1. The molecule has 0 radical (unpaired) electrons. The lowest BCUT2D eigenvalue weighted by molar-refractivity contribution is -0.119. The van der Waals surface area contributed by atoms with E-state index in [1.165, 1.54) is 12.1 Å². The Morgan fingerprint density at radius 3 is 2.38 bits per heavy atom. The third-order valence-corrected chi connectivity index (χ3v) is 3.33. The fraction of sp³-hybridized carbons (Fsp3) is 0.462. The van der Waals surface area contributed by atoms with Crippen LogP contribution in [0.3, 0.4) is 0 Å². The maximum Gasteiger partial charge on any atom is 0.387 e. The van der Waals surface area contributed by atoms with Gasteiger partial charge in [-0.1, -0.05) is 36.5 Å². The minimum atomic E-state index is -3.04. The highest BCUT2D eigenvalue weighted by molar-refractivity contribution is 6.37. The molecule has 1 amide bonds. The third-order valence-electron chi connectivity index (χ3n) is 2.77. The van der Waals surface area contributed by atoms with Crippen molar-refractivity contribution < 1.29 is 18.3 Å². The molecule has 118 valence electrons. The molecular formula is C13H16Cl2F2N2O2. The quantitative estimate of drug-likeness (QED) is 0.790. The number of nitrogens with one attached hydrogen (secondary N) is 1. The predicted molar refractivity (Wildman–Crippen MR) is 79.2 cm³/mol. The molecule has 0 heterocycles. The molecule has 0 fully saturated rings. The van der Waals surface area contributed by atoms with E-state index in [1.807, 2.05) is 6.92 Å². The molecule has 1 rings (SSSR count). The molecule has 0 saturated heterocycles. The second kappa shape index (κ2) is 8.36. The van der Waals surface area contributed by atoms with Gasteiger partial charge in [-0.25, -0.2) is 0 Å². The average Bonchev–Trinajstić information content (AvgIpc) is 2.39. The van der Waals surface area contributed by atoms with Crippen LogP contribution in [0.5, 0.6) is 5.75 Å². The Morgan fingerprint density at radius 1 is 1.38 bits per heavy atom. The van der Waals surface area contributed by atoms with E-state index in [0.29, 0.717) is 12.1 Å². The highest BCUT2D eigenvalue weighted by Gasteiger charge is 2.18. The molecule has 0 aliphatic carbocycles. The van der Waals surface area contributed by atoms with Gasteiger partial charge < -0.3 is 15.8 Å². The maximum atomic E-state index is 12.2. The van der Waals surface area contributed by atoms with Crippen LogP contribution in [0.25, 0.3) is 0 Å². The Morgan fingerprint density at radius 2 is 1.95 bits per heavy atom. The zero-order valence-electron chi connectivity index (χ0n) is 11.3. The van der Waals surface area contributed by atoms with Gasteiger partial charge in [0.15, 0.2) is 5.75 Å². The molecule has 0 saturated carbocycles. The van der Waals surface area contributed by atoms with Crippen molar-refractivity contribution in [2.24, 2.45) is 11.7 Å². The van der Waals surface area contributed by atoms with E-state index in [2.05, 4.69) is 10.1 Å². The van der Waals surface area contributed by atoms with E-state index in [1.54, 1.807) is 0 Å². The van der Waals surface area contributed by atoms with Gasteiger partial charge in [-0.2, -0.15) is 8.78 Å². The number of halogens is 4. The molecule has 0 aliphatic heterocycles. The molecule has 3 N–H and O–H groups in total. The van der Waals surface area contributed by atoms with E-state index >= 15 is 0 Å². The zero-order chi connectivity index (χ0) is 16.0. The maximum absolute atomic E-state index is 12.2. The van der Waals surface area contributed by atoms with Gasteiger partial charge in [0.1, 0.15) is 0 Å². The molecule has 4 nitrogen and oxygen atoms in total. The van der Waals surface area contributed by atoms with E-state index < -0.39 is 6.61 Å². The first-order chi connectivity index (χ1) is 9.88. The highest BCUT2D eigenvalue weighted by atomic mass is 35.5. The number of hydrogen-bond donors (Lipinski definition) is 2. The van der Waals surface area contributed by atoms with Crippen molar-refractivity contribution in [1.29, 1.82) is 0 Å². The van der Waals surface area contributed by atoms with E-state index in [4.69, 9.17) is 28.9 Å². The number of carbonyl (C=O) groups excluding carboxylic acids is 1. The van der Waals surface area contributed by atoms with Crippen LogP contribution in [0.2, 0.25) is 10.0 Å². The standard InChI is InChI=1S/C13H16Cl2F2N2O2/c1-2-3-7(6-18)12(20)19-8-4-9(14)11(10(15)5-8)21-13(16)17/h4-5,7,13H,2-3,6,18H2,1H3,(H,19,20). The van der Waals surface area contributed by atoms with Crippen molar-refractivity contribution in [3.05, 3.63) is 22.2 Å². The van der Waals surface area contributed by atoms with Gasteiger partial charge in [-0.3, -0.25) is 4.79 Å². The molecule has 21 heavy (non-hydrogen) atoms. The summed E-state index contributed by atoms with van der Waals surface area (Å²) in [4.78, 5) is 12.0. The minimum Gasteiger partial charge on any atom is -0.432 e. The third kappa shape index (κ3) is 5.30. The molecule has 0 aromatic heterocycles. The number of anilines is 1. The second-order valence-corrected chi connectivity index (χ2v) is 5.17. The zero-order valence-corrected chi connectivity index (χ0v) is 12.8. The number of hydrogen-bond acceptors (Lipinski definition) is 3. The molecule has 0 aliphatic rings. The summed E-state index contributed by atoms with van der Waals surface area (Å²) < 4.78 is 28.6. The monoisotopic (exact) mass is 340 g/mol. The molecule has 1 unspecified atom stereocenters. The van der Waals surface area contributed by atoms with Gasteiger partial charge in [0.2, 0.25) is 5.91 Å². The molecule has 1 atom stereocenters. The van der Waals surface area contributed by atoms with Crippen LogP contribution in [0.4, 0.5) is 14.5 Å². The van der Waals surface area contributed by atoms with Crippen LogP contribution < -0.4 is 15.8 Å². The molecule has 0 bridgehead atoms. The second-order valence-electron chi connectivity index (χ2n) is 4.36. The Bertz CT molecular complexity index is 478. The molecule has 1 aromatic rings. The normalized spacial score (nSPS) is 12.3. The average molecular weight is 341 g/mol. The van der Waals surface area contributed by atoms with Crippen molar-refractivity contribution in [3.8, 4) is 5.75 Å². The van der Waals surface area contributed by atoms with Crippen LogP contribution >= 0.6 is 23.2 Å². The largest absolute Gasteiger partial charge is 0.432 e. The van der Waals surface area contributed by atoms with Gasteiger partial charge >= 0.3 is 6.61 Å². The van der Waals surface area contributed by atoms with Crippen LogP contribution in [0.15, 0.2) is 12.1 Å². The summed E-state index contributed by atoms with van der Waals surface area (Å²) in [6.45, 7) is -0.875. The smallest absolute Gasteiger partial charge is 0.387 e. The fourth-order valence-corrected chi connectivity index (χ4v) is 2.36. The van der Waals surface area contributed by atoms with Crippen molar-refractivity contribution in [3.63, 3.8) is 0 Å². The lowest BCUT2D eigenvalue weighted by atomic mass is 10.0. The fourth-order valence-electron chi connectivity index (χ4n) is 1.78. The number of benzene rings is 1. The van der Waals surface area contributed by atoms with Gasteiger partial charge in [-0.15, -0.1) is 0 Å². The lowest BCUT2D eigenvalue weighted by Gasteiger charge is -2.15. The van der Waals surface area contributed by atoms with Crippen LogP contribution in [0.1, 0.15) is 19.8 Å². The Labute approximate surface area is 131 Å². The minimum absolute atomic E-state index is 0.113. The molecule has 8 heteroatoms. The summed E-state index contributed by atoms with van der Waals surface area (Å²) >= 11 is 11.6. The van der Waals surface area contributed by atoms with Crippen LogP contribution in [-0.4, -0.2) is 19.1 Å². The van der Waals surface area contributed by atoms with Crippen molar-refractivity contribution in [1.82, 2.24) is 0 Å². The summed E-state index contributed by atoms with van der Waals surface area (Å²) in [5.74, 6) is -0.922. The van der Waals surface area contributed by atoms with Crippen LogP contribution in [-0.2, 0) is 4.79 Å². The van der Waals surface area contributed by atoms with Crippen molar-refractivity contribution >= 4 is 34.8 Å². The molecule has 1 aromatic carbocycles. The lowest BCUT2D eigenvalue weighted by Crippen LogP contribution is -2.29. The Kier molecular flexibility index (Phi) is 7.14. The molecule has 0 spiro atoms. The summed E-state index contributed by atoms with van der Waals surface area (Å²) in [6, 6.07) is 2.59. The summed E-state index contributed by atoms with van der Waals surface area (Å²) in [5, 5.41) is 2.38. The van der Waals surface area contributed by atoms with Crippen molar-refractivity contribution in [2.75, 3.05) is 11.9 Å². The van der Waals surface area contributed by atoms with Gasteiger partial charge in [0.05, 0.1) is 16.0 Å². The summed E-state index contributed by atoms with van der Waals surface area (Å²) in [5.41, 5.74) is 5.83. The number of ether oxygens (including phenoxy) is 1. The number of alkyl halides is 2. The topological polar surface area (TPSA) is 64.4 Å². The number of rotatable bonds is 7. The number of amides is 1. The summed E-state index contributed by atoms with van der Waals surface area (Å²) in [6.07, 6.45) is 1.47. The number of nitrogens with two attached hydrogens (primary N) is 1. The summed E-state index contributed by atoms with van der Waals surface area (Å²) in [7, 11) is 0. The first kappa shape index (κ1) is 17.9. The van der Waals surface area contributed by atoms with E-state index in [0.717, 1.165) is 6.42 Å². The van der Waals surface area contributed by atoms with Gasteiger partial charge in [0, 0.05) is 12.2 Å². The Balaban J connectivity index is 2.88. The SMILES string of the molecule is CCCC(CN)C(=O)Nc1cc(Cl)c(OC(F)F)c(Cl)c1. The molecular weight excluding hydrogens is 325 g/mol. The van der Waals surface area contributed by atoms with Crippen molar-refractivity contribution in [2.45, 2.75) is 26.4 Å². The van der Waals surface area contributed by atoms with Gasteiger partial charge in [-0.05, 0) is 18.6 Å². The first-order valence-electron chi connectivity index (χ1n) is 6.33. The van der Waals surface area contributed by atoms with Gasteiger partial charge in [0.25, 0.3) is 0 Å². The predicted octanol–water partition coefficient (Wildman–Crippen LogP) is 3.91. The van der Waals surface area contributed by atoms with Crippen LogP contribution in [0, 0.1) is 5.92 Å². The van der Waals surface area contributed by atoms with E-state index in [-0.39, 0.29) is 34.2 Å². The highest BCUT2D eigenvalue weighted by Crippen LogP contribution is 2.37. The van der Waals surface area contributed by atoms with E-state index in [9.17, 15) is 13.6 Å². The Hall–Kier alpha value is -1.11. The first-order valence-corrected chi connectivity index (χ1v) is 7.09.